The highest BCUT2D eigenvalue weighted by Gasteiger charge is 2.43. The monoisotopic (exact) mass is 404 g/mol. The molecule has 2 heterocycles. The van der Waals surface area contributed by atoms with Gasteiger partial charge in [-0.2, -0.15) is 0 Å². The van der Waals surface area contributed by atoms with Gasteiger partial charge in [0, 0.05) is 5.57 Å². The number of rotatable bonds is 6. The van der Waals surface area contributed by atoms with E-state index in [1.54, 1.807) is 43.3 Å². The van der Waals surface area contributed by atoms with E-state index in [1.807, 2.05) is 0 Å². The van der Waals surface area contributed by atoms with Crippen molar-refractivity contribution in [2.45, 2.75) is 20.4 Å². The Balaban J connectivity index is 1.76. The number of amides is 2. The number of nitrogens with one attached hydrogen (secondary N) is 1. The van der Waals surface area contributed by atoms with Gasteiger partial charge in [-0.15, -0.1) is 0 Å². The number of hydrogen-bond donors (Lipinski definition) is 1. The van der Waals surface area contributed by atoms with Crippen LogP contribution in [0, 0.1) is 6.92 Å². The number of sulfonamides is 1. The third-order valence-corrected chi connectivity index (χ3v) is 6.26. The van der Waals surface area contributed by atoms with Crippen molar-refractivity contribution in [2.24, 2.45) is 0 Å². The third kappa shape index (κ3) is 3.65. The number of carbonyl (C=O) groups is 2. The number of ether oxygens (including phenoxy) is 1. The topological polar surface area (TPSA) is 106 Å². The minimum atomic E-state index is -4.13. The van der Waals surface area contributed by atoms with E-state index in [4.69, 9.17) is 9.15 Å². The van der Waals surface area contributed by atoms with Gasteiger partial charge in [-0.05, 0) is 55.8 Å². The summed E-state index contributed by atoms with van der Waals surface area (Å²) in [6.45, 7) is 2.71. The highest BCUT2D eigenvalue weighted by molar-refractivity contribution is 7.99. The van der Waals surface area contributed by atoms with Crippen LogP contribution in [-0.2, 0) is 26.2 Å². The molecule has 8 nitrogen and oxygen atoms in total. The van der Waals surface area contributed by atoms with Crippen molar-refractivity contribution in [3.05, 3.63) is 59.1 Å². The fourth-order valence-electron chi connectivity index (χ4n) is 2.91. The molecule has 0 unspecified atom stereocenters. The van der Waals surface area contributed by atoms with Gasteiger partial charge in [0.1, 0.15) is 28.7 Å². The maximum absolute atomic E-state index is 12.9. The lowest BCUT2D eigenvalue weighted by molar-refractivity contribution is -0.128. The Morgan fingerprint density at radius 1 is 1.14 bits per heavy atom. The first kappa shape index (κ1) is 19.7. The van der Waals surface area contributed by atoms with Gasteiger partial charge in [0.2, 0.25) is 5.91 Å². The Hall–Kier alpha value is -3.07. The van der Waals surface area contributed by atoms with E-state index in [9.17, 15) is 18.0 Å². The largest absolute Gasteiger partial charge is 0.497 e. The van der Waals surface area contributed by atoms with Gasteiger partial charge in [0.25, 0.3) is 15.9 Å². The number of furan rings is 1. The summed E-state index contributed by atoms with van der Waals surface area (Å²) in [7, 11) is -2.63. The van der Waals surface area contributed by atoms with Gasteiger partial charge in [0.15, 0.2) is 0 Å². The number of methoxy groups -OCH3 is 1. The van der Waals surface area contributed by atoms with Crippen molar-refractivity contribution >= 4 is 26.7 Å². The second kappa shape index (κ2) is 7.51. The Bertz CT molecular complexity index is 1050. The lowest BCUT2D eigenvalue weighted by Crippen LogP contribution is -2.40. The summed E-state index contributed by atoms with van der Waals surface area (Å²) in [4.78, 5) is 24.6. The second-order valence-corrected chi connectivity index (χ2v) is 8.09. The summed E-state index contributed by atoms with van der Waals surface area (Å²) in [5, 5.41) is 2.56. The number of benzene rings is 1. The Morgan fingerprint density at radius 3 is 2.39 bits per heavy atom. The molecule has 3 rings (SSSR count). The molecule has 0 bridgehead atoms. The lowest BCUT2D eigenvalue weighted by atomic mass is 10.1. The predicted molar refractivity (Wildman–Crippen MR) is 102 cm³/mol. The molecule has 28 heavy (non-hydrogen) atoms. The van der Waals surface area contributed by atoms with Gasteiger partial charge < -0.3 is 14.5 Å². The van der Waals surface area contributed by atoms with Crippen LogP contribution in [-0.4, -0.2) is 38.2 Å². The summed E-state index contributed by atoms with van der Waals surface area (Å²) < 4.78 is 36.8. The van der Waals surface area contributed by atoms with Crippen molar-refractivity contribution in [3.8, 4) is 5.75 Å². The van der Waals surface area contributed by atoms with Crippen molar-refractivity contribution in [1.29, 1.82) is 0 Å². The van der Waals surface area contributed by atoms with E-state index in [2.05, 4.69) is 5.32 Å². The molecule has 0 radical (unpaired) electrons. The van der Waals surface area contributed by atoms with Crippen molar-refractivity contribution < 1.29 is 27.2 Å². The number of hydrogen-bond acceptors (Lipinski definition) is 6. The molecule has 9 heteroatoms. The van der Waals surface area contributed by atoms with Crippen LogP contribution in [0.1, 0.15) is 24.0 Å². The van der Waals surface area contributed by atoms with Crippen LogP contribution >= 0.6 is 0 Å². The Labute approximate surface area is 162 Å². The zero-order chi connectivity index (χ0) is 20.5. The number of aryl methyl sites for hydroxylation is 1. The van der Waals surface area contributed by atoms with E-state index in [0.29, 0.717) is 27.1 Å². The Kier molecular flexibility index (Phi) is 5.28. The first-order valence-electron chi connectivity index (χ1n) is 8.48. The van der Waals surface area contributed by atoms with Crippen LogP contribution in [0.25, 0.3) is 4.91 Å². The summed E-state index contributed by atoms with van der Waals surface area (Å²) in [6, 6.07) is 9.80. The molecule has 1 aromatic carbocycles. The van der Waals surface area contributed by atoms with Crippen LogP contribution in [0.2, 0.25) is 0 Å². The SMILES string of the molecule is COc1ccc(C2=C(C)C(=O)N(CC(=O)NCc3ccc(C)o3)S2(=O)=O)cc1. The minimum absolute atomic E-state index is 0.0691. The van der Waals surface area contributed by atoms with Crippen LogP contribution in [0.3, 0.4) is 0 Å². The molecule has 0 atom stereocenters. The van der Waals surface area contributed by atoms with Crippen molar-refractivity contribution in [1.82, 2.24) is 9.62 Å². The molecular weight excluding hydrogens is 384 g/mol. The van der Waals surface area contributed by atoms with E-state index in [1.165, 1.54) is 14.0 Å². The Morgan fingerprint density at radius 2 is 1.82 bits per heavy atom. The van der Waals surface area contributed by atoms with E-state index < -0.39 is 28.4 Å². The number of carbonyl (C=O) groups excluding carboxylic acids is 2. The lowest BCUT2D eigenvalue weighted by Gasteiger charge is -2.16. The minimum Gasteiger partial charge on any atom is -0.497 e. The molecule has 1 aliphatic heterocycles. The maximum atomic E-state index is 12.9. The molecule has 0 spiro atoms. The molecule has 0 saturated carbocycles. The second-order valence-electron chi connectivity index (χ2n) is 6.29. The zero-order valence-corrected chi connectivity index (χ0v) is 16.5. The molecular formula is C19H20N2O6S. The summed E-state index contributed by atoms with van der Waals surface area (Å²) >= 11 is 0. The fraction of sp³-hybridized carbons (Fsp3) is 0.263. The molecule has 0 fully saturated rings. The highest BCUT2D eigenvalue weighted by atomic mass is 32.2. The van der Waals surface area contributed by atoms with E-state index in [-0.39, 0.29) is 17.0 Å². The van der Waals surface area contributed by atoms with Gasteiger partial charge in [0.05, 0.1) is 13.7 Å². The standard InChI is InChI=1S/C19H20N2O6S/c1-12-4-7-16(27-12)10-20-17(22)11-21-19(23)13(2)18(28(21,24)25)14-5-8-15(26-3)9-6-14/h4-9H,10-11H2,1-3H3,(H,20,22). The van der Waals surface area contributed by atoms with E-state index >= 15 is 0 Å². The van der Waals surface area contributed by atoms with Crippen molar-refractivity contribution in [3.63, 3.8) is 0 Å². The maximum Gasteiger partial charge on any atom is 0.268 e. The molecule has 1 aliphatic rings. The smallest absolute Gasteiger partial charge is 0.268 e. The van der Waals surface area contributed by atoms with Gasteiger partial charge in [-0.25, -0.2) is 12.7 Å². The van der Waals surface area contributed by atoms with Gasteiger partial charge in [-0.3, -0.25) is 9.59 Å². The average molecular weight is 404 g/mol. The highest BCUT2D eigenvalue weighted by Crippen LogP contribution is 2.35. The molecule has 148 valence electrons. The van der Waals surface area contributed by atoms with Crippen LogP contribution in [0.4, 0.5) is 0 Å². The van der Waals surface area contributed by atoms with Crippen LogP contribution in [0.15, 0.2) is 46.4 Å². The quantitative estimate of drug-likeness (QED) is 0.787. The zero-order valence-electron chi connectivity index (χ0n) is 15.7. The molecule has 2 aromatic rings. The van der Waals surface area contributed by atoms with Crippen molar-refractivity contribution in [2.75, 3.05) is 13.7 Å². The molecule has 0 aliphatic carbocycles. The molecule has 1 N–H and O–H groups in total. The molecule has 0 saturated heterocycles. The van der Waals surface area contributed by atoms with E-state index in [0.717, 1.165) is 0 Å². The van der Waals surface area contributed by atoms with Gasteiger partial charge >= 0.3 is 0 Å². The number of nitrogens with zero attached hydrogens (tertiary/aromatic N) is 1. The molecule has 1 aromatic heterocycles. The predicted octanol–water partition coefficient (Wildman–Crippen LogP) is 1.82. The fourth-order valence-corrected chi connectivity index (χ4v) is 4.68. The normalized spacial score (nSPS) is 15.8. The van der Waals surface area contributed by atoms with Gasteiger partial charge in [-0.1, -0.05) is 0 Å². The molecule has 2 amide bonds. The first-order chi connectivity index (χ1) is 13.2. The summed E-state index contributed by atoms with van der Waals surface area (Å²) in [5.41, 5.74) is 0.431. The first-order valence-corrected chi connectivity index (χ1v) is 9.92. The summed E-state index contributed by atoms with van der Waals surface area (Å²) in [5.74, 6) is 0.484. The summed E-state index contributed by atoms with van der Waals surface area (Å²) in [6.07, 6.45) is 0. The third-order valence-electron chi connectivity index (χ3n) is 4.33. The average Bonchev–Trinajstić information content (AvgIpc) is 3.15. The van der Waals surface area contributed by atoms with Crippen LogP contribution in [0.5, 0.6) is 5.75 Å². The van der Waals surface area contributed by atoms with Crippen LogP contribution < -0.4 is 10.1 Å².